The van der Waals surface area contributed by atoms with Gasteiger partial charge in [-0.05, 0) is 42.7 Å². The van der Waals surface area contributed by atoms with E-state index in [1.54, 1.807) is 6.07 Å². The molecule has 0 spiro atoms. The molecule has 2 aromatic carbocycles. The zero-order valence-electron chi connectivity index (χ0n) is 17.8. The first-order valence-corrected chi connectivity index (χ1v) is 12.4. The lowest BCUT2D eigenvalue weighted by Gasteiger charge is -2.10. The van der Waals surface area contributed by atoms with Gasteiger partial charge in [-0.15, -0.1) is 0 Å². The van der Waals surface area contributed by atoms with Crippen molar-refractivity contribution in [1.82, 2.24) is 0 Å². The molecule has 0 aliphatic heterocycles. The van der Waals surface area contributed by atoms with E-state index in [9.17, 15) is 13.5 Å². The number of phenols is 1. The number of unbranched alkanes of at least 4 members (excludes halogenated alkanes) is 9. The predicted molar refractivity (Wildman–Crippen MR) is 120 cm³/mol. The second-order valence-electron chi connectivity index (χ2n) is 7.79. The van der Waals surface area contributed by atoms with Crippen LogP contribution in [-0.4, -0.2) is 18.1 Å². The van der Waals surface area contributed by atoms with E-state index in [-0.39, 0.29) is 16.4 Å². The highest BCUT2D eigenvalue weighted by molar-refractivity contribution is 7.85. The van der Waals surface area contributed by atoms with Crippen LogP contribution in [-0.2, 0) is 16.5 Å². The average molecular weight is 435 g/mol. The Labute approximate surface area is 180 Å². The van der Waals surface area contributed by atoms with Crippen LogP contribution >= 0.6 is 0 Å². The number of benzene rings is 2. The van der Waals surface area contributed by atoms with Crippen LogP contribution in [0, 0.1) is 0 Å². The molecule has 5 nitrogen and oxygen atoms in total. The highest BCUT2D eigenvalue weighted by Gasteiger charge is 2.13. The lowest BCUT2D eigenvalue weighted by Crippen LogP contribution is -1.98. The molecule has 0 heterocycles. The smallest absolute Gasteiger partial charge is 0.294 e. The third-order valence-electron chi connectivity index (χ3n) is 5.17. The molecular formula is C24H34O5S. The fraction of sp³-hybridized carbons (Fsp3) is 0.500. The standard InChI is InChI=1S/C24H34O5S/c1-2-3-4-5-6-7-8-9-10-11-13-20-14-12-15-21(18-20)29-24-17-16-22(19-23(24)25)30(26,27)28/h12,14-19,25H,2-11,13H2,1H3,(H,26,27,28). The first-order chi connectivity index (χ1) is 14.4. The van der Waals surface area contributed by atoms with Gasteiger partial charge in [0.2, 0.25) is 0 Å². The van der Waals surface area contributed by atoms with Gasteiger partial charge in [-0.3, -0.25) is 4.55 Å². The molecule has 0 bridgehead atoms. The molecule has 0 saturated heterocycles. The summed E-state index contributed by atoms with van der Waals surface area (Å²) in [6.45, 7) is 2.25. The Balaban J connectivity index is 1.75. The molecule has 2 rings (SSSR count). The Morgan fingerprint density at radius 2 is 1.47 bits per heavy atom. The molecule has 0 aromatic heterocycles. The maximum Gasteiger partial charge on any atom is 0.294 e. The summed E-state index contributed by atoms with van der Waals surface area (Å²) in [5.41, 5.74) is 1.17. The van der Waals surface area contributed by atoms with E-state index in [1.165, 1.54) is 75.5 Å². The summed E-state index contributed by atoms with van der Waals surface area (Å²) in [6, 6.07) is 11.2. The number of hydrogen-bond donors (Lipinski definition) is 2. The van der Waals surface area contributed by atoms with Crippen LogP contribution in [0.1, 0.15) is 76.7 Å². The fourth-order valence-electron chi connectivity index (χ4n) is 3.45. The van der Waals surface area contributed by atoms with E-state index < -0.39 is 10.1 Å². The molecule has 0 unspecified atom stereocenters. The highest BCUT2D eigenvalue weighted by atomic mass is 32.2. The van der Waals surface area contributed by atoms with E-state index in [0.29, 0.717) is 5.75 Å². The van der Waals surface area contributed by atoms with Crippen molar-refractivity contribution in [3.8, 4) is 17.2 Å². The van der Waals surface area contributed by atoms with E-state index >= 15 is 0 Å². The maximum atomic E-state index is 11.1. The first-order valence-electron chi connectivity index (χ1n) is 11.0. The lowest BCUT2D eigenvalue weighted by molar-refractivity contribution is 0.408. The van der Waals surface area contributed by atoms with Crippen LogP contribution in [0.25, 0.3) is 0 Å². The summed E-state index contributed by atoms with van der Waals surface area (Å²) in [5.74, 6) is 0.373. The van der Waals surface area contributed by atoms with Crippen LogP contribution in [0.5, 0.6) is 17.2 Å². The highest BCUT2D eigenvalue weighted by Crippen LogP contribution is 2.33. The van der Waals surface area contributed by atoms with E-state index in [2.05, 4.69) is 13.0 Å². The van der Waals surface area contributed by atoms with Crippen LogP contribution in [0.2, 0.25) is 0 Å². The molecule has 0 saturated carbocycles. The van der Waals surface area contributed by atoms with Crippen molar-refractivity contribution >= 4 is 10.1 Å². The quantitative estimate of drug-likeness (QED) is 0.250. The molecule has 2 aromatic rings. The number of hydrogen-bond acceptors (Lipinski definition) is 4. The predicted octanol–water partition coefficient (Wildman–Crippen LogP) is 6.89. The Morgan fingerprint density at radius 1 is 0.833 bits per heavy atom. The fourth-order valence-corrected chi connectivity index (χ4v) is 3.95. The average Bonchev–Trinajstić information content (AvgIpc) is 2.70. The van der Waals surface area contributed by atoms with Crippen LogP contribution < -0.4 is 4.74 Å². The minimum atomic E-state index is -4.36. The van der Waals surface area contributed by atoms with Gasteiger partial charge >= 0.3 is 0 Å². The molecule has 0 amide bonds. The van der Waals surface area contributed by atoms with Crippen molar-refractivity contribution in [3.05, 3.63) is 48.0 Å². The number of aromatic hydroxyl groups is 1. The number of ether oxygens (including phenoxy) is 1. The molecule has 30 heavy (non-hydrogen) atoms. The SMILES string of the molecule is CCCCCCCCCCCCc1cccc(Oc2ccc(S(=O)(=O)O)cc2O)c1. The van der Waals surface area contributed by atoms with Gasteiger partial charge in [-0.1, -0.05) is 76.8 Å². The van der Waals surface area contributed by atoms with Crippen LogP contribution in [0.15, 0.2) is 47.4 Å². The molecule has 166 valence electrons. The maximum absolute atomic E-state index is 11.1. The Hall–Kier alpha value is -2.05. The third kappa shape index (κ3) is 8.76. The Kier molecular flexibility index (Phi) is 10.2. The van der Waals surface area contributed by atoms with Gasteiger partial charge in [0.15, 0.2) is 11.5 Å². The van der Waals surface area contributed by atoms with E-state index in [4.69, 9.17) is 9.29 Å². The second-order valence-corrected chi connectivity index (χ2v) is 9.21. The molecule has 0 fully saturated rings. The summed E-state index contributed by atoms with van der Waals surface area (Å²) in [7, 11) is -4.36. The largest absolute Gasteiger partial charge is 0.504 e. The van der Waals surface area contributed by atoms with Gasteiger partial charge in [0, 0.05) is 6.07 Å². The van der Waals surface area contributed by atoms with Gasteiger partial charge in [0.05, 0.1) is 4.90 Å². The molecule has 0 aliphatic carbocycles. The van der Waals surface area contributed by atoms with Gasteiger partial charge in [0.1, 0.15) is 5.75 Å². The van der Waals surface area contributed by atoms with E-state index in [0.717, 1.165) is 18.9 Å². The van der Waals surface area contributed by atoms with Crippen molar-refractivity contribution in [2.75, 3.05) is 0 Å². The van der Waals surface area contributed by atoms with E-state index in [1.807, 2.05) is 12.1 Å². The zero-order chi connectivity index (χ0) is 21.8. The summed E-state index contributed by atoms with van der Waals surface area (Å²) in [4.78, 5) is -0.373. The van der Waals surface area contributed by atoms with Crippen molar-refractivity contribution < 1.29 is 22.8 Å². The summed E-state index contributed by atoms with van der Waals surface area (Å²) < 4.78 is 37.0. The summed E-state index contributed by atoms with van der Waals surface area (Å²) in [6.07, 6.45) is 14.0. The minimum absolute atomic E-state index is 0.137. The van der Waals surface area contributed by atoms with Crippen molar-refractivity contribution in [3.63, 3.8) is 0 Å². The Morgan fingerprint density at radius 3 is 2.07 bits per heavy atom. The topological polar surface area (TPSA) is 83.8 Å². The number of aryl methyl sites for hydroxylation is 1. The summed E-state index contributed by atoms with van der Waals surface area (Å²) >= 11 is 0. The molecular weight excluding hydrogens is 400 g/mol. The first kappa shape index (κ1) is 24.2. The van der Waals surface area contributed by atoms with Crippen molar-refractivity contribution in [2.45, 2.75) is 82.4 Å². The molecule has 2 N–H and O–H groups in total. The summed E-state index contributed by atoms with van der Waals surface area (Å²) in [5, 5.41) is 9.99. The van der Waals surface area contributed by atoms with Gasteiger partial charge in [0.25, 0.3) is 10.1 Å². The lowest BCUT2D eigenvalue weighted by atomic mass is 10.0. The third-order valence-corrected chi connectivity index (χ3v) is 6.02. The Bertz CT molecular complexity index is 877. The number of phenolic OH excluding ortho intramolecular Hbond substituents is 1. The van der Waals surface area contributed by atoms with Crippen molar-refractivity contribution in [1.29, 1.82) is 0 Å². The number of rotatable bonds is 14. The zero-order valence-corrected chi connectivity index (χ0v) is 18.7. The van der Waals surface area contributed by atoms with Gasteiger partial charge < -0.3 is 9.84 Å². The molecule has 0 atom stereocenters. The van der Waals surface area contributed by atoms with Crippen LogP contribution in [0.3, 0.4) is 0 Å². The van der Waals surface area contributed by atoms with Crippen LogP contribution in [0.4, 0.5) is 0 Å². The van der Waals surface area contributed by atoms with Gasteiger partial charge in [-0.2, -0.15) is 8.42 Å². The molecule has 0 aliphatic rings. The molecule has 0 radical (unpaired) electrons. The van der Waals surface area contributed by atoms with Crippen molar-refractivity contribution in [2.24, 2.45) is 0 Å². The minimum Gasteiger partial charge on any atom is -0.504 e. The monoisotopic (exact) mass is 434 g/mol. The van der Waals surface area contributed by atoms with Gasteiger partial charge in [-0.25, -0.2) is 0 Å². The normalized spacial score (nSPS) is 11.5. The molecule has 6 heteroatoms. The second kappa shape index (κ2) is 12.6.